The van der Waals surface area contributed by atoms with Crippen molar-refractivity contribution in [2.45, 2.75) is 13.0 Å². The van der Waals surface area contributed by atoms with Crippen LogP contribution in [0.2, 0.25) is 0 Å². The molecule has 1 heterocycles. The van der Waals surface area contributed by atoms with Crippen LogP contribution in [-0.2, 0) is 4.79 Å². The lowest BCUT2D eigenvalue weighted by atomic mass is 10.1. The van der Waals surface area contributed by atoms with Crippen molar-refractivity contribution >= 4 is 17.9 Å². The van der Waals surface area contributed by atoms with E-state index in [-0.39, 0.29) is 23.6 Å². The maximum Gasteiger partial charge on any atom is 0.433 e. The van der Waals surface area contributed by atoms with Gasteiger partial charge in [-0.1, -0.05) is 0 Å². The lowest BCUT2D eigenvalue weighted by Crippen LogP contribution is -2.25. The first-order valence-electron chi connectivity index (χ1n) is 7.39. The number of nitro groups is 1. The molecule has 0 saturated carbocycles. The van der Waals surface area contributed by atoms with Crippen LogP contribution in [0.15, 0.2) is 40.8 Å². The van der Waals surface area contributed by atoms with Gasteiger partial charge in [0.2, 0.25) is 5.91 Å². The molecular formula is C17H18N2O6. The predicted molar refractivity (Wildman–Crippen MR) is 90.5 cm³/mol. The molecule has 0 radical (unpaired) electrons. The topological polar surface area (TPSA) is 104 Å². The molecule has 132 valence electrons. The molecular weight excluding hydrogens is 328 g/mol. The van der Waals surface area contributed by atoms with Crippen LogP contribution < -0.4 is 14.8 Å². The molecule has 0 unspecified atom stereocenters. The van der Waals surface area contributed by atoms with E-state index in [9.17, 15) is 14.9 Å². The molecule has 1 aromatic heterocycles. The summed E-state index contributed by atoms with van der Waals surface area (Å²) in [4.78, 5) is 22.0. The summed E-state index contributed by atoms with van der Waals surface area (Å²) >= 11 is 0. The minimum Gasteiger partial charge on any atom is -0.497 e. The molecule has 8 nitrogen and oxygen atoms in total. The number of benzene rings is 1. The normalized spacial score (nSPS) is 12.0. The zero-order chi connectivity index (χ0) is 18.4. The third-order valence-electron chi connectivity index (χ3n) is 3.45. The Morgan fingerprint density at radius 1 is 1.28 bits per heavy atom. The Kier molecular flexibility index (Phi) is 5.78. The van der Waals surface area contributed by atoms with Gasteiger partial charge in [0.25, 0.3) is 0 Å². The van der Waals surface area contributed by atoms with E-state index in [2.05, 4.69) is 5.32 Å². The Morgan fingerprint density at radius 2 is 2.04 bits per heavy atom. The molecule has 0 saturated heterocycles. The zero-order valence-corrected chi connectivity index (χ0v) is 14.0. The lowest BCUT2D eigenvalue weighted by molar-refractivity contribution is -0.402. The molecule has 2 aromatic rings. The molecule has 0 aliphatic heterocycles. The van der Waals surface area contributed by atoms with E-state index in [0.717, 1.165) is 5.56 Å². The highest BCUT2D eigenvalue weighted by Gasteiger charge is 2.15. The first-order valence-corrected chi connectivity index (χ1v) is 7.39. The molecule has 0 fully saturated rings. The maximum atomic E-state index is 12.0. The van der Waals surface area contributed by atoms with Crippen molar-refractivity contribution in [1.29, 1.82) is 0 Å². The van der Waals surface area contributed by atoms with Crippen molar-refractivity contribution in [3.63, 3.8) is 0 Å². The van der Waals surface area contributed by atoms with E-state index in [4.69, 9.17) is 13.9 Å². The minimum atomic E-state index is -0.644. The fourth-order valence-corrected chi connectivity index (χ4v) is 2.20. The maximum absolute atomic E-state index is 12.0. The predicted octanol–water partition coefficient (Wildman–Crippen LogP) is 3.10. The second kappa shape index (κ2) is 8.00. The van der Waals surface area contributed by atoms with Crippen molar-refractivity contribution in [3.8, 4) is 11.5 Å². The largest absolute Gasteiger partial charge is 0.497 e. The third kappa shape index (κ3) is 4.60. The summed E-state index contributed by atoms with van der Waals surface area (Å²) in [7, 11) is 3.10. The van der Waals surface area contributed by atoms with Crippen LogP contribution in [0.25, 0.3) is 6.08 Å². The number of furan rings is 1. The highest BCUT2D eigenvalue weighted by molar-refractivity contribution is 5.91. The minimum absolute atomic E-state index is 0.216. The van der Waals surface area contributed by atoms with Gasteiger partial charge >= 0.3 is 5.88 Å². The summed E-state index contributed by atoms with van der Waals surface area (Å²) in [6.07, 6.45) is 2.60. The Balaban J connectivity index is 2.06. The number of nitrogens with one attached hydrogen (secondary N) is 1. The van der Waals surface area contributed by atoms with Gasteiger partial charge in [-0.15, -0.1) is 0 Å². The van der Waals surface area contributed by atoms with Gasteiger partial charge in [-0.2, -0.15) is 0 Å². The highest BCUT2D eigenvalue weighted by Crippen LogP contribution is 2.29. The Morgan fingerprint density at radius 3 is 2.64 bits per heavy atom. The summed E-state index contributed by atoms with van der Waals surface area (Å²) < 4.78 is 15.4. The number of methoxy groups -OCH3 is 2. The SMILES string of the molecule is COc1ccc(OC)c([C@H](C)NC(=O)/C=C/c2ccc([N+](=O)[O-])o2)c1. The van der Waals surface area contributed by atoms with Gasteiger partial charge in [0.1, 0.15) is 22.2 Å². The van der Waals surface area contributed by atoms with Gasteiger partial charge in [0, 0.05) is 11.6 Å². The molecule has 0 aliphatic rings. The van der Waals surface area contributed by atoms with Crippen LogP contribution in [0, 0.1) is 10.1 Å². The molecule has 1 N–H and O–H groups in total. The summed E-state index contributed by atoms with van der Waals surface area (Å²) in [5, 5.41) is 13.3. The molecule has 25 heavy (non-hydrogen) atoms. The number of nitrogens with zero attached hydrogens (tertiary/aromatic N) is 1. The molecule has 0 aliphatic carbocycles. The van der Waals surface area contributed by atoms with Gasteiger partial charge < -0.3 is 19.2 Å². The van der Waals surface area contributed by atoms with Crippen LogP contribution >= 0.6 is 0 Å². The summed E-state index contributed by atoms with van der Waals surface area (Å²) in [6, 6.07) is 7.60. The lowest BCUT2D eigenvalue weighted by Gasteiger charge is -2.17. The Labute approximate surface area is 144 Å². The number of carbonyl (C=O) groups is 1. The van der Waals surface area contributed by atoms with Crippen LogP contribution in [0.5, 0.6) is 11.5 Å². The van der Waals surface area contributed by atoms with Crippen molar-refractivity contribution in [2.24, 2.45) is 0 Å². The number of hydrogen-bond acceptors (Lipinski definition) is 6. The van der Waals surface area contributed by atoms with E-state index in [1.54, 1.807) is 39.3 Å². The van der Waals surface area contributed by atoms with Crippen LogP contribution in [-0.4, -0.2) is 25.1 Å². The molecule has 1 atom stereocenters. The number of carbonyl (C=O) groups excluding carboxylic acids is 1. The summed E-state index contributed by atoms with van der Waals surface area (Å²) in [5.41, 5.74) is 0.761. The van der Waals surface area contributed by atoms with E-state index in [1.165, 1.54) is 24.3 Å². The van der Waals surface area contributed by atoms with Gasteiger partial charge in [-0.05, 0) is 37.3 Å². The second-order valence-electron chi connectivity index (χ2n) is 5.10. The molecule has 8 heteroatoms. The number of hydrogen-bond donors (Lipinski definition) is 1. The fourth-order valence-electron chi connectivity index (χ4n) is 2.20. The fraction of sp³-hybridized carbons (Fsp3) is 0.235. The molecule has 1 amide bonds. The van der Waals surface area contributed by atoms with Crippen molar-refractivity contribution in [3.05, 3.63) is 57.8 Å². The molecule has 0 bridgehead atoms. The standard InChI is InChI=1S/C17H18N2O6/c1-11(14-10-13(23-2)4-7-15(14)24-3)18-16(20)8-5-12-6-9-17(25-12)19(21)22/h4-11H,1-3H3,(H,18,20)/b8-5+/t11-/m0/s1. The first-order chi connectivity index (χ1) is 11.9. The second-order valence-corrected chi connectivity index (χ2v) is 5.10. The van der Waals surface area contributed by atoms with E-state index < -0.39 is 4.92 Å². The van der Waals surface area contributed by atoms with Gasteiger partial charge in [0.05, 0.1) is 26.3 Å². The molecule has 1 aromatic carbocycles. The Hall–Kier alpha value is -3.29. The summed E-state index contributed by atoms with van der Waals surface area (Å²) in [6.45, 7) is 1.81. The molecule has 2 rings (SSSR count). The monoisotopic (exact) mass is 346 g/mol. The number of amides is 1. The smallest absolute Gasteiger partial charge is 0.433 e. The Bertz CT molecular complexity index is 796. The van der Waals surface area contributed by atoms with Crippen LogP contribution in [0.3, 0.4) is 0 Å². The third-order valence-corrected chi connectivity index (χ3v) is 3.45. The zero-order valence-electron chi connectivity index (χ0n) is 14.0. The van der Waals surface area contributed by atoms with Gasteiger partial charge in [0.15, 0.2) is 0 Å². The van der Waals surface area contributed by atoms with Crippen molar-refractivity contribution in [1.82, 2.24) is 5.32 Å². The number of rotatable bonds is 7. The van der Waals surface area contributed by atoms with E-state index >= 15 is 0 Å². The van der Waals surface area contributed by atoms with E-state index in [0.29, 0.717) is 11.5 Å². The average Bonchev–Trinajstić information content (AvgIpc) is 3.08. The van der Waals surface area contributed by atoms with Crippen LogP contribution in [0.4, 0.5) is 5.88 Å². The van der Waals surface area contributed by atoms with E-state index in [1.807, 2.05) is 0 Å². The first kappa shape index (κ1) is 18.1. The quantitative estimate of drug-likeness (QED) is 0.469. The van der Waals surface area contributed by atoms with Gasteiger partial charge in [-0.3, -0.25) is 14.9 Å². The highest BCUT2D eigenvalue weighted by atomic mass is 16.6. The van der Waals surface area contributed by atoms with Crippen molar-refractivity contribution in [2.75, 3.05) is 14.2 Å². The van der Waals surface area contributed by atoms with Crippen molar-refractivity contribution < 1.29 is 23.6 Å². The summed E-state index contributed by atoms with van der Waals surface area (Å²) in [5.74, 6) is 0.731. The molecule has 0 spiro atoms. The number of ether oxygens (including phenoxy) is 2. The van der Waals surface area contributed by atoms with Crippen LogP contribution in [0.1, 0.15) is 24.3 Å². The average molecular weight is 346 g/mol. The van der Waals surface area contributed by atoms with Gasteiger partial charge in [-0.25, -0.2) is 0 Å².